The van der Waals surface area contributed by atoms with Gasteiger partial charge >= 0.3 is 0 Å². The van der Waals surface area contributed by atoms with E-state index in [9.17, 15) is 0 Å². The molecule has 0 fully saturated rings. The fourth-order valence-corrected chi connectivity index (χ4v) is 0. The van der Waals surface area contributed by atoms with Crippen molar-refractivity contribution in [1.82, 2.24) is 0 Å². The van der Waals surface area contributed by atoms with Gasteiger partial charge in [0.15, 0.2) is 0 Å². The fraction of sp³-hybridized carbons (Fsp3) is 0. The summed E-state index contributed by atoms with van der Waals surface area (Å²) >= 11 is 0. The first kappa shape index (κ1) is 8.92. The normalized spacial score (nSPS) is 3.00. The van der Waals surface area contributed by atoms with Crippen molar-refractivity contribution in [2.24, 2.45) is 5.73 Å². The van der Waals surface area contributed by atoms with Crippen molar-refractivity contribution in [3.05, 3.63) is 0 Å². The van der Waals surface area contributed by atoms with Gasteiger partial charge in [0.2, 0.25) is 0 Å². The Labute approximate surface area is 38.0 Å². The number of hydrogen-bond donors (Lipinski definition) is 1. The van der Waals surface area contributed by atoms with Crippen molar-refractivity contribution in [2.75, 3.05) is 0 Å². The molecule has 0 spiro atoms. The van der Waals surface area contributed by atoms with Gasteiger partial charge in [-0.3, -0.25) is 0 Å². The zero-order valence-corrected chi connectivity index (χ0v) is 3.36. The third-order valence-electron chi connectivity index (χ3n) is 0. The van der Waals surface area contributed by atoms with Crippen LogP contribution in [-0.4, -0.2) is 6.41 Å². The van der Waals surface area contributed by atoms with E-state index in [1.54, 1.807) is 0 Å². The largest absolute Gasteiger partial charge is 0.543 e. The zero-order chi connectivity index (χ0) is 2.71. The molecule has 0 heterocycles. The van der Waals surface area contributed by atoms with Gasteiger partial charge in [-0.1, -0.05) is 0 Å². The summed E-state index contributed by atoms with van der Waals surface area (Å²) in [4.78, 5) is 8.46. The van der Waals surface area contributed by atoms with Crippen LogP contribution in [0.15, 0.2) is 0 Å². The van der Waals surface area contributed by atoms with Gasteiger partial charge in [-0.05, 0) is 0 Å². The van der Waals surface area contributed by atoms with E-state index < -0.39 is 0 Å². The number of amides is 1. The quantitative estimate of drug-likeness (QED) is 0.269. The zero-order valence-electron chi connectivity index (χ0n) is 1.80. The van der Waals surface area contributed by atoms with Gasteiger partial charge in [0.25, 0.3) is 0 Å². The van der Waals surface area contributed by atoms with Crippen LogP contribution in [0.1, 0.15) is 0 Å². The molecule has 28 valence electrons. The molecule has 2 N–H and O–H groups in total. The van der Waals surface area contributed by atoms with Crippen LogP contribution in [0.25, 0.3) is 0 Å². The van der Waals surface area contributed by atoms with Crippen molar-refractivity contribution >= 4 is 6.41 Å². The average molecular weight is 150 g/mol. The Balaban J connectivity index is 0. The molecule has 0 rings (SSSR count). The van der Waals surface area contributed by atoms with Gasteiger partial charge in [0.05, 0.1) is 0 Å². The third-order valence-corrected chi connectivity index (χ3v) is 0. The van der Waals surface area contributed by atoms with Crippen LogP contribution in [-0.2, 0) is 25.2 Å². The summed E-state index contributed by atoms with van der Waals surface area (Å²) in [6.07, 6.45) is 1.00. The summed E-state index contributed by atoms with van der Waals surface area (Å²) in [6.45, 7) is 0. The summed E-state index contributed by atoms with van der Waals surface area (Å²) in [5, 5.41) is 0. The second kappa shape index (κ2) is 11.1. The third kappa shape index (κ3) is 156. The van der Waals surface area contributed by atoms with Crippen molar-refractivity contribution < 1.29 is 25.2 Å². The summed E-state index contributed by atoms with van der Waals surface area (Å²) in [7, 11) is 0. The Kier molecular flexibility index (Phi) is 24.8. The van der Waals surface area contributed by atoms with E-state index in [1.165, 1.54) is 0 Å². The molecule has 3 heteroatoms. The van der Waals surface area contributed by atoms with Gasteiger partial charge < -0.3 is 10.5 Å². The number of primary amides is 1. The van der Waals surface area contributed by atoms with Crippen LogP contribution in [0.5, 0.6) is 0 Å². The predicted octanol–water partition coefficient (Wildman–Crippen LogP) is -0.990. The monoisotopic (exact) mass is 150 g/mol. The van der Waals surface area contributed by atoms with Gasteiger partial charge in [-0.15, -0.1) is 0 Å². The van der Waals surface area contributed by atoms with E-state index in [2.05, 4.69) is 5.73 Å². The number of hydrogen-bond acceptors (Lipinski definition) is 1. The minimum absolute atomic E-state index is 0. The van der Waals surface area contributed by atoms with E-state index in [1.807, 2.05) is 0 Å². The molecule has 0 radical (unpaired) electrons. The Bertz CT molecular complexity index is 15.5. The first-order chi connectivity index (χ1) is 1.41. The minimum atomic E-state index is 0. The Morgan fingerprint density at radius 1 is 1.75 bits per heavy atom. The van der Waals surface area contributed by atoms with Crippen LogP contribution in [0.4, 0.5) is 0 Å². The topological polar surface area (TPSA) is 43.1 Å². The Hall–Kier alpha value is 0.132. The van der Waals surface area contributed by atoms with E-state index in [-0.39, 0.29) is 20.4 Å². The maximum Gasteiger partial charge on any atom is 0 e. The van der Waals surface area contributed by atoms with Crippen LogP contribution in [0.3, 0.4) is 0 Å². The average Bonchev–Trinajstić information content (AvgIpc) is 0.918. The summed E-state index contributed by atoms with van der Waals surface area (Å²) in [6, 6.07) is 0. The summed E-state index contributed by atoms with van der Waals surface area (Å²) < 4.78 is 0. The Morgan fingerprint density at radius 3 is 1.75 bits per heavy atom. The first-order valence-corrected chi connectivity index (χ1v) is 0.493. The number of carbonyl (C=O) groups excluding carboxylic acids is 1. The molecule has 0 saturated carbocycles. The molecule has 2 nitrogen and oxygen atoms in total. The summed E-state index contributed by atoms with van der Waals surface area (Å²) in [5.41, 5.74) is 4.04. The molecule has 0 aliphatic heterocycles. The van der Waals surface area contributed by atoms with Gasteiger partial charge in [-0.25, -0.2) is 0 Å². The van der Waals surface area contributed by atoms with Crippen molar-refractivity contribution in [2.45, 2.75) is 0 Å². The maximum absolute atomic E-state index is 8.46. The molecule has 0 aromatic heterocycles. The predicted molar refractivity (Wildman–Crippen MR) is 9.88 cm³/mol. The smallest absolute Gasteiger partial charge is 0 e. The number of nitrogens with two attached hydrogens (primary N) is 1. The van der Waals surface area contributed by atoms with E-state index in [0.29, 0.717) is 0 Å². The SMILES string of the molecule is N[C-]=O.[Pd]. The van der Waals surface area contributed by atoms with Crippen molar-refractivity contribution in [3.63, 3.8) is 0 Å². The van der Waals surface area contributed by atoms with Crippen LogP contribution >= 0.6 is 0 Å². The van der Waals surface area contributed by atoms with Gasteiger partial charge in [0.1, 0.15) is 0 Å². The molecular formula is CH2NOPd-. The Morgan fingerprint density at radius 2 is 1.75 bits per heavy atom. The first-order valence-electron chi connectivity index (χ1n) is 0.493. The molecule has 0 atom stereocenters. The number of rotatable bonds is 0. The molecule has 1 amide bonds. The molecule has 0 aliphatic carbocycles. The van der Waals surface area contributed by atoms with E-state index >= 15 is 0 Å². The molecule has 4 heavy (non-hydrogen) atoms. The molecule has 0 unspecified atom stereocenters. The van der Waals surface area contributed by atoms with Crippen LogP contribution < -0.4 is 5.73 Å². The van der Waals surface area contributed by atoms with Crippen molar-refractivity contribution in [3.8, 4) is 0 Å². The molecule has 0 aromatic carbocycles. The second-order valence-electron chi connectivity index (χ2n) is 0.118. The second-order valence-corrected chi connectivity index (χ2v) is 0.118. The van der Waals surface area contributed by atoms with Crippen molar-refractivity contribution in [1.29, 1.82) is 0 Å². The van der Waals surface area contributed by atoms with Gasteiger partial charge in [0, 0.05) is 20.4 Å². The maximum atomic E-state index is 8.46. The van der Waals surface area contributed by atoms with Crippen LogP contribution in [0.2, 0.25) is 0 Å². The van der Waals surface area contributed by atoms with E-state index in [4.69, 9.17) is 4.79 Å². The van der Waals surface area contributed by atoms with E-state index in [0.717, 1.165) is 6.41 Å². The molecule has 0 saturated heterocycles. The summed E-state index contributed by atoms with van der Waals surface area (Å²) in [5.74, 6) is 0. The molecule has 0 bridgehead atoms. The molecule has 0 aromatic rings. The fourth-order valence-electron chi connectivity index (χ4n) is 0. The standard InChI is InChI=1S/CH2NO.Pd/c2-1-3;/h(H2,2,3);/q-1;. The van der Waals surface area contributed by atoms with Crippen LogP contribution in [0, 0.1) is 0 Å². The van der Waals surface area contributed by atoms with Gasteiger partial charge in [-0.2, -0.15) is 6.41 Å². The molecule has 0 aliphatic rings. The molecular weight excluding hydrogens is 148 g/mol. The minimum Gasteiger partial charge on any atom is -0.543 e.